The SMILES string of the molecule is CC(O)c1cnn(CC2CCCN(S(C)(=O)=O)C2)c1. The number of aliphatic hydroxyl groups is 1. The van der Waals surface area contributed by atoms with Gasteiger partial charge in [-0.1, -0.05) is 0 Å². The molecule has 0 spiro atoms. The fraction of sp³-hybridized carbons (Fsp3) is 0.750. The number of nitrogens with zero attached hydrogens (tertiary/aromatic N) is 3. The minimum atomic E-state index is -3.10. The van der Waals surface area contributed by atoms with E-state index in [0.717, 1.165) is 18.4 Å². The van der Waals surface area contributed by atoms with Crippen LogP contribution < -0.4 is 0 Å². The Morgan fingerprint density at radius 3 is 2.89 bits per heavy atom. The standard InChI is InChI=1S/C12H21N3O3S/c1-10(16)12-6-13-14(9-12)7-11-4-3-5-15(8-11)19(2,17)18/h6,9-11,16H,3-5,7-8H2,1-2H3. The van der Waals surface area contributed by atoms with Gasteiger partial charge in [0.25, 0.3) is 0 Å². The minimum Gasteiger partial charge on any atom is -0.389 e. The zero-order chi connectivity index (χ0) is 14.0. The van der Waals surface area contributed by atoms with E-state index in [1.165, 1.54) is 6.26 Å². The molecule has 0 saturated carbocycles. The van der Waals surface area contributed by atoms with Crippen LogP contribution in [0.4, 0.5) is 0 Å². The molecule has 2 atom stereocenters. The van der Waals surface area contributed by atoms with Crippen molar-refractivity contribution in [1.29, 1.82) is 0 Å². The quantitative estimate of drug-likeness (QED) is 0.880. The van der Waals surface area contributed by atoms with E-state index in [1.807, 2.05) is 6.20 Å². The highest BCUT2D eigenvalue weighted by Crippen LogP contribution is 2.20. The Balaban J connectivity index is 1.98. The van der Waals surface area contributed by atoms with Gasteiger partial charge in [0.1, 0.15) is 0 Å². The van der Waals surface area contributed by atoms with Crippen LogP contribution in [-0.4, -0.2) is 47.0 Å². The van der Waals surface area contributed by atoms with Gasteiger partial charge in [0.2, 0.25) is 10.0 Å². The average Bonchev–Trinajstić information content (AvgIpc) is 2.77. The summed E-state index contributed by atoms with van der Waals surface area (Å²) in [6.45, 7) is 3.57. The topological polar surface area (TPSA) is 75.4 Å². The molecular weight excluding hydrogens is 266 g/mol. The first-order valence-corrected chi connectivity index (χ1v) is 8.36. The average molecular weight is 287 g/mol. The summed E-state index contributed by atoms with van der Waals surface area (Å²) in [5, 5.41) is 13.7. The molecule has 2 rings (SSSR count). The van der Waals surface area contributed by atoms with Gasteiger partial charge in [0.15, 0.2) is 0 Å². The van der Waals surface area contributed by atoms with Crippen molar-refractivity contribution in [2.24, 2.45) is 5.92 Å². The third-order valence-electron chi connectivity index (χ3n) is 3.53. The highest BCUT2D eigenvalue weighted by molar-refractivity contribution is 7.88. The third kappa shape index (κ3) is 3.77. The van der Waals surface area contributed by atoms with Crippen molar-refractivity contribution in [3.05, 3.63) is 18.0 Å². The second-order valence-electron chi connectivity index (χ2n) is 5.30. The maximum absolute atomic E-state index is 11.5. The van der Waals surface area contributed by atoms with E-state index in [4.69, 9.17) is 0 Å². The summed E-state index contributed by atoms with van der Waals surface area (Å²) < 4.78 is 26.4. The fourth-order valence-electron chi connectivity index (χ4n) is 2.44. The molecule has 1 aromatic rings. The second kappa shape index (κ2) is 5.60. The lowest BCUT2D eigenvalue weighted by Crippen LogP contribution is -2.40. The van der Waals surface area contributed by atoms with E-state index < -0.39 is 16.1 Å². The molecule has 2 heterocycles. The molecule has 0 bridgehead atoms. The molecule has 19 heavy (non-hydrogen) atoms. The Labute approximate surface area is 114 Å². The van der Waals surface area contributed by atoms with Crippen molar-refractivity contribution in [2.75, 3.05) is 19.3 Å². The molecule has 1 N–H and O–H groups in total. The first-order chi connectivity index (χ1) is 8.86. The molecule has 0 aromatic carbocycles. The van der Waals surface area contributed by atoms with E-state index in [1.54, 1.807) is 22.1 Å². The molecule has 6 nitrogen and oxygen atoms in total. The van der Waals surface area contributed by atoms with Crippen LogP contribution in [0.25, 0.3) is 0 Å². The summed E-state index contributed by atoms with van der Waals surface area (Å²) in [4.78, 5) is 0. The molecule has 1 fully saturated rings. The molecule has 108 valence electrons. The van der Waals surface area contributed by atoms with E-state index in [2.05, 4.69) is 5.10 Å². The summed E-state index contributed by atoms with van der Waals surface area (Å²) in [6, 6.07) is 0. The summed E-state index contributed by atoms with van der Waals surface area (Å²) in [5.41, 5.74) is 0.788. The molecule has 1 aliphatic rings. The summed E-state index contributed by atoms with van der Waals surface area (Å²) in [5.74, 6) is 0.283. The summed E-state index contributed by atoms with van der Waals surface area (Å²) in [6.07, 6.45) is 6.12. The van der Waals surface area contributed by atoms with E-state index in [9.17, 15) is 13.5 Å². The Kier molecular flexibility index (Phi) is 4.27. The Bertz CT molecular complexity index is 524. The van der Waals surface area contributed by atoms with Gasteiger partial charge in [-0.2, -0.15) is 5.10 Å². The van der Waals surface area contributed by atoms with Crippen LogP contribution in [0, 0.1) is 5.92 Å². The van der Waals surface area contributed by atoms with Crippen molar-refractivity contribution >= 4 is 10.0 Å². The third-order valence-corrected chi connectivity index (χ3v) is 4.80. The number of aliphatic hydroxyl groups excluding tert-OH is 1. The number of hydrogen-bond donors (Lipinski definition) is 1. The summed E-state index contributed by atoms with van der Waals surface area (Å²) >= 11 is 0. The lowest BCUT2D eigenvalue weighted by molar-refractivity contribution is 0.199. The van der Waals surface area contributed by atoms with Gasteiger partial charge < -0.3 is 5.11 Å². The van der Waals surface area contributed by atoms with Gasteiger partial charge in [0, 0.05) is 31.4 Å². The Morgan fingerprint density at radius 1 is 1.58 bits per heavy atom. The Morgan fingerprint density at radius 2 is 2.32 bits per heavy atom. The molecule has 7 heteroatoms. The highest BCUT2D eigenvalue weighted by atomic mass is 32.2. The van der Waals surface area contributed by atoms with Crippen LogP contribution in [0.3, 0.4) is 0 Å². The van der Waals surface area contributed by atoms with Crippen LogP contribution in [0.1, 0.15) is 31.4 Å². The Hall–Kier alpha value is -0.920. The van der Waals surface area contributed by atoms with Crippen molar-refractivity contribution in [1.82, 2.24) is 14.1 Å². The normalized spacial score (nSPS) is 23.4. The van der Waals surface area contributed by atoms with Crippen LogP contribution in [-0.2, 0) is 16.6 Å². The first-order valence-electron chi connectivity index (χ1n) is 6.52. The van der Waals surface area contributed by atoms with Crippen molar-refractivity contribution in [2.45, 2.75) is 32.4 Å². The lowest BCUT2D eigenvalue weighted by atomic mass is 10.00. The molecular formula is C12H21N3O3S. The largest absolute Gasteiger partial charge is 0.389 e. The smallest absolute Gasteiger partial charge is 0.211 e. The lowest BCUT2D eigenvalue weighted by Gasteiger charge is -2.30. The fourth-order valence-corrected chi connectivity index (χ4v) is 3.38. The zero-order valence-corrected chi connectivity index (χ0v) is 12.2. The molecule has 1 saturated heterocycles. The van der Waals surface area contributed by atoms with Crippen LogP contribution in [0.2, 0.25) is 0 Å². The predicted octanol–water partition coefficient (Wildman–Crippen LogP) is 0.608. The second-order valence-corrected chi connectivity index (χ2v) is 7.28. The number of piperidine rings is 1. The van der Waals surface area contributed by atoms with E-state index >= 15 is 0 Å². The van der Waals surface area contributed by atoms with Crippen molar-refractivity contribution in [3.8, 4) is 0 Å². The van der Waals surface area contributed by atoms with Gasteiger partial charge in [-0.15, -0.1) is 0 Å². The van der Waals surface area contributed by atoms with E-state index in [-0.39, 0.29) is 5.92 Å². The molecule has 1 aromatic heterocycles. The molecule has 0 amide bonds. The van der Waals surface area contributed by atoms with Crippen LogP contribution in [0.15, 0.2) is 12.4 Å². The minimum absolute atomic E-state index is 0.283. The zero-order valence-electron chi connectivity index (χ0n) is 11.4. The summed E-state index contributed by atoms with van der Waals surface area (Å²) in [7, 11) is -3.10. The van der Waals surface area contributed by atoms with Crippen LogP contribution in [0.5, 0.6) is 0 Å². The van der Waals surface area contributed by atoms with Gasteiger partial charge in [-0.05, 0) is 25.7 Å². The molecule has 0 radical (unpaired) electrons. The maximum atomic E-state index is 11.5. The molecule has 0 aliphatic carbocycles. The monoisotopic (exact) mass is 287 g/mol. The number of aromatic nitrogens is 2. The van der Waals surface area contributed by atoms with Gasteiger partial charge >= 0.3 is 0 Å². The van der Waals surface area contributed by atoms with E-state index in [0.29, 0.717) is 19.6 Å². The number of rotatable bonds is 4. The van der Waals surface area contributed by atoms with Crippen LogP contribution >= 0.6 is 0 Å². The van der Waals surface area contributed by atoms with Gasteiger partial charge in [-0.3, -0.25) is 4.68 Å². The number of sulfonamides is 1. The van der Waals surface area contributed by atoms with Crippen molar-refractivity contribution in [3.63, 3.8) is 0 Å². The van der Waals surface area contributed by atoms with Gasteiger partial charge in [0.05, 0.1) is 18.6 Å². The molecule has 2 unspecified atom stereocenters. The maximum Gasteiger partial charge on any atom is 0.211 e. The van der Waals surface area contributed by atoms with Gasteiger partial charge in [-0.25, -0.2) is 12.7 Å². The first kappa shape index (κ1) is 14.5. The highest BCUT2D eigenvalue weighted by Gasteiger charge is 2.26. The predicted molar refractivity (Wildman–Crippen MR) is 72.0 cm³/mol. The number of hydrogen-bond acceptors (Lipinski definition) is 4. The molecule has 1 aliphatic heterocycles. The van der Waals surface area contributed by atoms with Crippen molar-refractivity contribution < 1.29 is 13.5 Å².